The lowest BCUT2D eigenvalue weighted by Crippen LogP contribution is -2.25. The normalized spacial score (nSPS) is 19.9. The van der Waals surface area contributed by atoms with Crippen molar-refractivity contribution >= 4 is 30.6 Å². The van der Waals surface area contributed by atoms with Gasteiger partial charge in [0.25, 0.3) is 5.56 Å². The van der Waals surface area contributed by atoms with Gasteiger partial charge in [-0.15, -0.1) is 0 Å². The number of imidazole rings is 1. The van der Waals surface area contributed by atoms with Crippen molar-refractivity contribution in [3.05, 3.63) is 89.6 Å². The minimum absolute atomic E-state index is 0.0400. The molecule has 1 aliphatic rings. The van der Waals surface area contributed by atoms with Gasteiger partial charge >= 0.3 is 7.60 Å². The summed E-state index contributed by atoms with van der Waals surface area (Å²) in [6.07, 6.45) is 29.9. The third kappa shape index (κ3) is 13.2. The Kier molecular flexibility index (Phi) is 17.2. The number of hydrogen-bond acceptors (Lipinski definition) is 9. The highest BCUT2D eigenvalue weighted by Crippen LogP contribution is 2.50. The molecular weight excluding hydrogens is 643 g/mol. The Balaban J connectivity index is 1.28. The van der Waals surface area contributed by atoms with Crippen LogP contribution in [0.3, 0.4) is 0 Å². The van der Waals surface area contributed by atoms with Gasteiger partial charge in [0, 0.05) is 26.0 Å². The van der Waals surface area contributed by atoms with Crippen molar-refractivity contribution in [1.82, 2.24) is 24.8 Å². The average molecular weight is 697 g/mol. The summed E-state index contributed by atoms with van der Waals surface area (Å²) in [5.41, 5.74) is 6.32. The van der Waals surface area contributed by atoms with E-state index in [4.69, 9.17) is 14.8 Å². The molecule has 4 atom stereocenters. The van der Waals surface area contributed by atoms with Gasteiger partial charge in [-0.05, 0) is 63.4 Å². The van der Waals surface area contributed by atoms with E-state index in [2.05, 4.69) is 94.5 Å². The van der Waals surface area contributed by atoms with Crippen LogP contribution in [-0.2, 0) is 18.4 Å². The Labute approximate surface area is 289 Å². The number of H-pyrrole nitrogens is 1. The van der Waals surface area contributed by atoms with Gasteiger partial charge in [0.1, 0.15) is 0 Å². The Hall–Kier alpha value is -3.83. The lowest BCUT2D eigenvalue weighted by Gasteiger charge is -2.22. The van der Waals surface area contributed by atoms with Crippen LogP contribution in [0.5, 0.6) is 0 Å². The fourth-order valence-electron chi connectivity index (χ4n) is 5.46. The maximum atomic E-state index is 13.2. The van der Waals surface area contributed by atoms with E-state index < -0.39 is 31.2 Å². The van der Waals surface area contributed by atoms with Crippen molar-refractivity contribution in [3.8, 4) is 0 Å². The number of aromatic nitrogens is 4. The number of anilines is 1. The number of amides is 1. The molecule has 2 unspecified atom stereocenters. The number of aromatic amines is 1. The predicted octanol–water partition coefficient (Wildman–Crippen LogP) is 6.46. The number of rotatable bonds is 22. The van der Waals surface area contributed by atoms with Crippen LogP contribution < -0.4 is 16.6 Å². The van der Waals surface area contributed by atoms with Gasteiger partial charge < -0.3 is 29.8 Å². The molecule has 1 fully saturated rings. The van der Waals surface area contributed by atoms with Crippen LogP contribution in [-0.4, -0.2) is 63.1 Å². The molecule has 0 aliphatic heterocycles. The average Bonchev–Trinajstić information content (AvgIpc) is 3.62. The van der Waals surface area contributed by atoms with E-state index in [9.17, 15) is 19.3 Å². The summed E-state index contributed by atoms with van der Waals surface area (Å²) in [7, 11) is -2.15. The zero-order chi connectivity index (χ0) is 35.5. The van der Waals surface area contributed by atoms with E-state index in [0.29, 0.717) is 30.6 Å². The van der Waals surface area contributed by atoms with Crippen LogP contribution in [0.1, 0.15) is 77.2 Å². The van der Waals surface area contributed by atoms with Gasteiger partial charge in [-0.3, -0.25) is 19.1 Å². The van der Waals surface area contributed by atoms with Crippen LogP contribution in [0.2, 0.25) is 0 Å². The van der Waals surface area contributed by atoms with Crippen molar-refractivity contribution in [2.24, 2.45) is 5.92 Å². The van der Waals surface area contributed by atoms with Crippen molar-refractivity contribution in [2.75, 3.05) is 32.2 Å². The zero-order valence-electron chi connectivity index (χ0n) is 28.8. The molecule has 2 aromatic rings. The summed E-state index contributed by atoms with van der Waals surface area (Å²) < 4.78 is 25.9. The summed E-state index contributed by atoms with van der Waals surface area (Å²) in [5, 5.41) is 13.7. The highest BCUT2D eigenvalue weighted by molar-refractivity contribution is 7.53. The van der Waals surface area contributed by atoms with E-state index in [0.717, 1.165) is 44.9 Å². The molecule has 0 bridgehead atoms. The SMILES string of the molecule is C=C1C(n2cnc3c(=O)[nH]c(N)nc32)C[C@H](O)[C@H]1COP(=O)(CCCNC(=O)CCC/C=C\C/C=C\C/C=C\C/C=C\C/C=C\CC)OC. The highest BCUT2D eigenvalue weighted by atomic mass is 31.2. The van der Waals surface area contributed by atoms with Crippen LogP contribution in [0.4, 0.5) is 5.95 Å². The van der Waals surface area contributed by atoms with E-state index in [1.807, 2.05) is 0 Å². The number of aliphatic hydroxyl groups excluding tert-OH is 1. The number of nitrogens with zero attached hydrogens (tertiary/aromatic N) is 3. The van der Waals surface area contributed by atoms with Crippen molar-refractivity contribution < 1.29 is 23.5 Å². The maximum absolute atomic E-state index is 13.2. The summed E-state index contributed by atoms with van der Waals surface area (Å²) in [6.45, 7) is 6.57. The number of carbonyl (C=O) groups is 1. The van der Waals surface area contributed by atoms with E-state index in [1.54, 1.807) is 4.57 Å². The predicted molar refractivity (Wildman–Crippen MR) is 196 cm³/mol. The molecule has 268 valence electrons. The molecule has 5 N–H and O–H groups in total. The van der Waals surface area contributed by atoms with Gasteiger partial charge in [-0.2, -0.15) is 4.98 Å². The molecule has 12 nitrogen and oxygen atoms in total. The molecule has 1 aliphatic carbocycles. The van der Waals surface area contributed by atoms with E-state index in [1.165, 1.54) is 13.4 Å². The first kappa shape index (κ1) is 39.6. The van der Waals surface area contributed by atoms with Gasteiger partial charge in [0.2, 0.25) is 11.9 Å². The molecule has 3 rings (SSSR count). The number of nitrogen functional groups attached to an aromatic ring is 1. The zero-order valence-corrected chi connectivity index (χ0v) is 29.7. The monoisotopic (exact) mass is 696 g/mol. The number of nitrogens with two attached hydrogens (primary N) is 1. The Morgan fingerprint density at radius 3 is 2.37 bits per heavy atom. The van der Waals surface area contributed by atoms with Gasteiger partial charge in [-0.25, -0.2) is 4.98 Å². The molecule has 2 aromatic heterocycles. The molecular formula is C36H53N6O6P. The fraction of sp³-hybridized carbons (Fsp3) is 0.500. The smallest absolute Gasteiger partial charge is 0.330 e. The van der Waals surface area contributed by atoms with Crippen molar-refractivity contribution in [1.29, 1.82) is 0 Å². The Morgan fingerprint density at radius 1 is 1.10 bits per heavy atom. The number of hydrogen-bond donors (Lipinski definition) is 4. The first-order valence-corrected chi connectivity index (χ1v) is 18.8. The standard InChI is InChI=1S/C36H53N6O6P/c1-4-5-6-7-8-9-10-11-12-13-14-15-16-17-18-19-20-22-32(44)38-23-21-24-49(46,47-3)48-26-29-28(2)30(25-31(29)43)42-27-39-33-34(42)40-36(37)41-35(33)45/h5-6,8-9,11-12,14-15,17-18,27,29-31,43H,2,4,7,10,13,16,19-26H2,1,3H3,(H,38,44)(H3,37,40,41,45)/b6-5-,9-8-,12-11-,15-14-,18-17-/t29-,30?,31-,49?/m0/s1. The van der Waals surface area contributed by atoms with Crippen LogP contribution in [0.15, 0.2) is 84.0 Å². The second kappa shape index (κ2) is 21.3. The van der Waals surface area contributed by atoms with Crippen LogP contribution in [0.25, 0.3) is 11.2 Å². The highest BCUT2D eigenvalue weighted by Gasteiger charge is 2.40. The summed E-state index contributed by atoms with van der Waals surface area (Å²) in [4.78, 5) is 35.2. The van der Waals surface area contributed by atoms with Gasteiger partial charge in [0.05, 0.1) is 31.2 Å². The molecule has 2 heterocycles. The van der Waals surface area contributed by atoms with Crippen LogP contribution in [0, 0.1) is 5.92 Å². The minimum atomic E-state index is -3.47. The molecule has 1 saturated carbocycles. The lowest BCUT2D eigenvalue weighted by atomic mass is 10.0. The number of unbranched alkanes of at least 4 members (excludes halogenated alkanes) is 1. The topological polar surface area (TPSA) is 174 Å². The maximum Gasteiger partial charge on any atom is 0.330 e. The quantitative estimate of drug-likeness (QED) is 0.0612. The van der Waals surface area contributed by atoms with E-state index >= 15 is 0 Å². The molecule has 0 spiro atoms. The number of fused-ring (bicyclic) bond motifs is 1. The molecule has 0 aromatic carbocycles. The molecule has 49 heavy (non-hydrogen) atoms. The minimum Gasteiger partial charge on any atom is -0.392 e. The second-order valence-corrected chi connectivity index (χ2v) is 14.2. The Morgan fingerprint density at radius 2 is 1.73 bits per heavy atom. The molecule has 13 heteroatoms. The third-order valence-corrected chi connectivity index (χ3v) is 10.2. The first-order valence-electron chi connectivity index (χ1n) is 17.1. The number of carbonyl (C=O) groups excluding carboxylic acids is 1. The summed E-state index contributed by atoms with van der Waals surface area (Å²) in [5.74, 6) is -0.614. The van der Waals surface area contributed by atoms with Crippen molar-refractivity contribution in [3.63, 3.8) is 0 Å². The van der Waals surface area contributed by atoms with Gasteiger partial charge in [-0.1, -0.05) is 74.3 Å². The Bertz CT molecular complexity index is 1610. The number of aliphatic hydroxyl groups is 1. The van der Waals surface area contributed by atoms with Gasteiger partial charge in [0.15, 0.2) is 11.2 Å². The van der Waals surface area contributed by atoms with Crippen LogP contribution >= 0.6 is 7.60 Å². The molecule has 0 saturated heterocycles. The first-order chi connectivity index (χ1) is 23.7. The van der Waals surface area contributed by atoms with E-state index in [-0.39, 0.29) is 36.6 Å². The second-order valence-electron chi connectivity index (χ2n) is 11.9. The summed E-state index contributed by atoms with van der Waals surface area (Å²) in [6, 6.07) is -0.402. The molecule has 1 amide bonds. The largest absolute Gasteiger partial charge is 0.392 e. The lowest BCUT2D eigenvalue weighted by molar-refractivity contribution is -0.121. The summed E-state index contributed by atoms with van der Waals surface area (Å²) >= 11 is 0. The molecule has 0 radical (unpaired) electrons. The third-order valence-electron chi connectivity index (χ3n) is 8.21. The van der Waals surface area contributed by atoms with Crippen molar-refractivity contribution in [2.45, 2.75) is 83.3 Å². The fourth-order valence-corrected chi connectivity index (χ4v) is 6.81. The number of allylic oxidation sites excluding steroid dienone is 10. The number of nitrogens with one attached hydrogen (secondary N) is 2.